The zero-order valence-electron chi connectivity index (χ0n) is 21.9. The molecule has 2 saturated heterocycles. The molecule has 1 aromatic carbocycles. The van der Waals surface area contributed by atoms with E-state index in [1.807, 2.05) is 12.1 Å². The molecule has 0 saturated carbocycles. The number of anilines is 3. The Morgan fingerprint density at radius 2 is 1.82 bits per heavy atom. The Labute approximate surface area is 224 Å². The number of carbonyl (C=O) groups excluding carboxylic acids is 1. The summed E-state index contributed by atoms with van der Waals surface area (Å²) in [5, 5.41) is 7.42. The minimum atomic E-state index is -0.696. The van der Waals surface area contributed by atoms with E-state index in [1.165, 1.54) is 17.0 Å². The molecule has 5 heterocycles. The Morgan fingerprint density at radius 3 is 2.49 bits per heavy atom. The van der Waals surface area contributed by atoms with Crippen molar-refractivity contribution in [3.63, 3.8) is 0 Å². The summed E-state index contributed by atoms with van der Waals surface area (Å²) in [7, 11) is 0. The molecule has 0 aliphatic carbocycles. The lowest BCUT2D eigenvalue weighted by Crippen LogP contribution is -2.54. The summed E-state index contributed by atoms with van der Waals surface area (Å²) in [5.74, 6) is -0.222. The predicted molar refractivity (Wildman–Crippen MR) is 145 cm³/mol. The van der Waals surface area contributed by atoms with E-state index in [1.54, 1.807) is 29.2 Å². The summed E-state index contributed by atoms with van der Waals surface area (Å²) in [6, 6.07) is 9.01. The summed E-state index contributed by atoms with van der Waals surface area (Å²) in [4.78, 5) is 29.3. The van der Waals surface area contributed by atoms with Crippen LogP contribution < -0.4 is 15.5 Å². The maximum atomic E-state index is 15.0. The number of hydrogen-bond donors (Lipinski definition) is 2. The van der Waals surface area contributed by atoms with Crippen molar-refractivity contribution in [2.45, 2.75) is 45.3 Å². The van der Waals surface area contributed by atoms with Crippen LogP contribution in [0.1, 0.15) is 32.3 Å². The fourth-order valence-electron chi connectivity index (χ4n) is 5.42. The van der Waals surface area contributed by atoms with Crippen LogP contribution in [0, 0.1) is 11.6 Å². The maximum Gasteiger partial charge on any atom is 0.229 e. The van der Waals surface area contributed by atoms with Crippen LogP contribution in [0.2, 0.25) is 0 Å². The molecule has 202 valence electrons. The second kappa shape index (κ2) is 10.2. The SMILES string of the molecule is C[C@@H]1CN(c2ccc(Nc3ncc4ccn(-c5cc(F)c(CN6CCCC6=O)c(F)c5)c4n3)cn2)C[C@H](C)N1. The standard InChI is InChI=1S/C28H30F2N8O/c1-17-14-37(15-18(2)33-17)25-6-5-20(13-31-25)34-28-32-12-19-7-9-38(27(19)35-28)21-10-23(29)22(24(30)11-21)16-36-8-3-4-26(36)39/h5-7,9-13,17-18,33H,3-4,8,14-16H2,1-2H3,(H,32,34,35)/t17-,18+. The number of likely N-dealkylation sites (tertiary alicyclic amines) is 1. The van der Waals surface area contributed by atoms with E-state index in [9.17, 15) is 4.79 Å². The fraction of sp³-hybridized carbons (Fsp3) is 0.357. The van der Waals surface area contributed by atoms with Gasteiger partial charge in [0, 0.05) is 61.5 Å². The van der Waals surface area contributed by atoms with Gasteiger partial charge < -0.3 is 25.0 Å². The lowest BCUT2D eigenvalue weighted by atomic mass is 10.1. The van der Waals surface area contributed by atoms with Crippen LogP contribution in [0.3, 0.4) is 0 Å². The number of carbonyl (C=O) groups is 1. The Kier molecular flexibility index (Phi) is 6.59. The van der Waals surface area contributed by atoms with Crippen LogP contribution >= 0.6 is 0 Å². The third-order valence-electron chi connectivity index (χ3n) is 7.24. The van der Waals surface area contributed by atoms with Gasteiger partial charge in [-0.3, -0.25) is 4.79 Å². The molecule has 0 spiro atoms. The van der Waals surface area contributed by atoms with Crippen molar-refractivity contribution in [2.24, 2.45) is 0 Å². The van der Waals surface area contributed by atoms with Gasteiger partial charge >= 0.3 is 0 Å². The molecule has 0 bridgehead atoms. The number of fused-ring (bicyclic) bond motifs is 1. The second-order valence-electron chi connectivity index (χ2n) is 10.4. The number of hydrogen-bond acceptors (Lipinski definition) is 7. The number of piperazine rings is 1. The van der Waals surface area contributed by atoms with E-state index in [4.69, 9.17) is 0 Å². The van der Waals surface area contributed by atoms with Crippen molar-refractivity contribution < 1.29 is 13.6 Å². The van der Waals surface area contributed by atoms with Crippen molar-refractivity contribution in [1.29, 1.82) is 0 Å². The van der Waals surface area contributed by atoms with Gasteiger partial charge in [-0.05, 0) is 50.6 Å². The molecule has 2 N–H and O–H groups in total. The fourth-order valence-corrected chi connectivity index (χ4v) is 5.42. The first-order chi connectivity index (χ1) is 18.8. The summed E-state index contributed by atoms with van der Waals surface area (Å²) in [5.41, 5.74) is 1.42. The monoisotopic (exact) mass is 532 g/mol. The average molecular weight is 533 g/mol. The average Bonchev–Trinajstić information content (AvgIpc) is 3.51. The molecule has 1 amide bonds. The van der Waals surface area contributed by atoms with Crippen molar-refractivity contribution in [2.75, 3.05) is 29.9 Å². The molecule has 2 aliphatic heterocycles. The molecule has 0 radical (unpaired) electrons. The highest BCUT2D eigenvalue weighted by molar-refractivity contribution is 5.79. The van der Waals surface area contributed by atoms with Crippen LogP contribution in [-0.4, -0.2) is 62.0 Å². The normalized spacial score (nSPS) is 19.7. The van der Waals surface area contributed by atoms with E-state index < -0.39 is 11.6 Å². The number of aromatic nitrogens is 4. The number of pyridine rings is 1. The van der Waals surface area contributed by atoms with Crippen LogP contribution in [0.25, 0.3) is 16.7 Å². The highest BCUT2D eigenvalue weighted by atomic mass is 19.1. The summed E-state index contributed by atoms with van der Waals surface area (Å²) < 4.78 is 31.6. The van der Waals surface area contributed by atoms with Gasteiger partial charge in [0.25, 0.3) is 0 Å². The summed E-state index contributed by atoms with van der Waals surface area (Å²) in [6.45, 7) is 6.55. The van der Waals surface area contributed by atoms with Gasteiger partial charge in [0.15, 0.2) is 0 Å². The van der Waals surface area contributed by atoms with Gasteiger partial charge in [-0.2, -0.15) is 4.98 Å². The van der Waals surface area contributed by atoms with Crippen molar-refractivity contribution in [1.82, 2.24) is 29.7 Å². The number of nitrogens with zero attached hydrogens (tertiary/aromatic N) is 6. The van der Waals surface area contributed by atoms with Gasteiger partial charge in [0.1, 0.15) is 23.1 Å². The number of benzene rings is 1. The second-order valence-corrected chi connectivity index (χ2v) is 10.4. The lowest BCUT2D eigenvalue weighted by molar-refractivity contribution is -0.128. The van der Waals surface area contributed by atoms with E-state index in [2.05, 4.69) is 44.3 Å². The molecule has 6 rings (SSSR count). The number of nitrogens with one attached hydrogen (secondary N) is 2. The quantitative estimate of drug-likeness (QED) is 0.386. The Balaban J connectivity index is 1.22. The lowest BCUT2D eigenvalue weighted by Gasteiger charge is -2.36. The summed E-state index contributed by atoms with van der Waals surface area (Å²) in [6.07, 6.45) is 6.23. The Morgan fingerprint density at radius 1 is 1.05 bits per heavy atom. The highest BCUT2D eigenvalue weighted by Gasteiger charge is 2.24. The third-order valence-corrected chi connectivity index (χ3v) is 7.24. The van der Waals surface area contributed by atoms with Crippen LogP contribution in [0.5, 0.6) is 0 Å². The molecule has 11 heteroatoms. The van der Waals surface area contributed by atoms with Crippen LogP contribution in [0.15, 0.2) is 48.9 Å². The van der Waals surface area contributed by atoms with E-state index in [-0.39, 0.29) is 18.0 Å². The van der Waals surface area contributed by atoms with E-state index in [0.29, 0.717) is 48.8 Å². The van der Waals surface area contributed by atoms with Crippen molar-refractivity contribution >= 4 is 34.4 Å². The molecule has 39 heavy (non-hydrogen) atoms. The zero-order chi connectivity index (χ0) is 27.1. The minimum absolute atomic E-state index is 0.0705. The van der Waals surface area contributed by atoms with Crippen molar-refractivity contribution in [3.8, 4) is 5.69 Å². The maximum absolute atomic E-state index is 15.0. The first kappa shape index (κ1) is 25.2. The Hall–Kier alpha value is -4.12. The topological polar surface area (TPSA) is 91.2 Å². The van der Waals surface area contributed by atoms with Gasteiger partial charge in [-0.15, -0.1) is 0 Å². The van der Waals surface area contributed by atoms with E-state index in [0.717, 1.165) is 30.0 Å². The predicted octanol–water partition coefficient (Wildman–Crippen LogP) is 4.15. The van der Waals surface area contributed by atoms with Crippen LogP contribution in [-0.2, 0) is 11.3 Å². The molecule has 2 fully saturated rings. The minimum Gasteiger partial charge on any atom is -0.354 e. The molecule has 2 atom stereocenters. The number of rotatable bonds is 6. The molecule has 2 aliphatic rings. The third kappa shape index (κ3) is 5.14. The zero-order valence-corrected chi connectivity index (χ0v) is 21.9. The number of halogens is 2. The largest absolute Gasteiger partial charge is 0.354 e. The van der Waals surface area contributed by atoms with Gasteiger partial charge in [0.2, 0.25) is 11.9 Å². The molecule has 9 nitrogen and oxygen atoms in total. The van der Waals surface area contributed by atoms with Gasteiger partial charge in [0.05, 0.1) is 24.1 Å². The number of amides is 1. The molecule has 4 aromatic rings. The van der Waals surface area contributed by atoms with E-state index >= 15 is 8.78 Å². The van der Waals surface area contributed by atoms with Crippen LogP contribution in [0.4, 0.5) is 26.2 Å². The first-order valence-corrected chi connectivity index (χ1v) is 13.2. The molecular formula is C28H30F2N8O. The van der Waals surface area contributed by atoms with Gasteiger partial charge in [-0.1, -0.05) is 0 Å². The summed E-state index contributed by atoms with van der Waals surface area (Å²) >= 11 is 0. The molecular weight excluding hydrogens is 502 g/mol. The smallest absolute Gasteiger partial charge is 0.229 e. The Bertz CT molecular complexity index is 1490. The molecule has 0 unspecified atom stereocenters. The highest BCUT2D eigenvalue weighted by Crippen LogP contribution is 2.26. The van der Waals surface area contributed by atoms with Gasteiger partial charge in [-0.25, -0.2) is 18.7 Å². The molecule has 3 aromatic heterocycles. The first-order valence-electron chi connectivity index (χ1n) is 13.2. The van der Waals surface area contributed by atoms with Crippen molar-refractivity contribution in [3.05, 3.63) is 66.1 Å².